The van der Waals surface area contributed by atoms with Crippen LogP contribution in [0.25, 0.3) is 22.4 Å². The molecule has 2 heterocycles. The van der Waals surface area contributed by atoms with Gasteiger partial charge in [0.25, 0.3) is 11.8 Å². The number of carbonyl (C=O) groups excluding carboxylic acids is 2. The molecule has 4 aromatic rings. The zero-order valence-electron chi connectivity index (χ0n) is 16.4. The number of imidazole rings is 1. The molecule has 2 amide bonds. The second kappa shape index (κ2) is 8.13. The van der Waals surface area contributed by atoms with Crippen LogP contribution in [0.15, 0.2) is 66.7 Å². The molecule has 3 aromatic carbocycles. The van der Waals surface area contributed by atoms with Crippen LogP contribution < -0.4 is 5.43 Å². The van der Waals surface area contributed by atoms with Gasteiger partial charge in [-0.3, -0.25) is 15.0 Å². The monoisotopic (exact) mass is 484 g/mol. The Kier molecular flexibility index (Phi) is 5.29. The predicted molar refractivity (Wildman–Crippen MR) is 125 cm³/mol. The lowest BCUT2D eigenvalue weighted by Crippen LogP contribution is -2.63. The molecular weight excluding hydrogens is 471 g/mol. The highest BCUT2D eigenvalue weighted by Crippen LogP contribution is 2.41. The number of halogens is 3. The smallest absolute Gasteiger partial charge is 0.270 e. The van der Waals surface area contributed by atoms with E-state index in [1.807, 2.05) is 30.3 Å². The second-order valence-corrected chi connectivity index (χ2v) is 8.62. The van der Waals surface area contributed by atoms with Crippen LogP contribution in [-0.2, 0) is 4.79 Å². The van der Waals surface area contributed by atoms with E-state index in [1.165, 1.54) is 5.01 Å². The van der Waals surface area contributed by atoms with Crippen LogP contribution in [-0.4, -0.2) is 32.2 Å². The first-order valence-corrected chi connectivity index (χ1v) is 10.9. The number of carbonyl (C=O) groups is 2. The van der Waals surface area contributed by atoms with Crippen molar-refractivity contribution in [3.8, 4) is 11.4 Å². The van der Waals surface area contributed by atoms with Crippen LogP contribution >= 0.6 is 34.8 Å². The summed E-state index contributed by atoms with van der Waals surface area (Å²) in [6, 6.07) is 18.9. The van der Waals surface area contributed by atoms with Crippen molar-refractivity contribution in [3.05, 3.63) is 87.9 Å². The normalized spacial score (nSPS) is 18.0. The van der Waals surface area contributed by atoms with Crippen LogP contribution in [0.5, 0.6) is 0 Å². The van der Waals surface area contributed by atoms with Crippen LogP contribution in [0, 0.1) is 0 Å². The number of aromatic nitrogens is 2. The highest BCUT2D eigenvalue weighted by atomic mass is 35.5. The SMILES string of the molecule is O=C(NN1C(=O)C(Cl)C1c1ccc(Cl)cc1Cl)c1ccccc1-c1nc2ccccc2[nH]1. The van der Waals surface area contributed by atoms with Gasteiger partial charge < -0.3 is 4.98 Å². The molecule has 0 aliphatic carbocycles. The minimum Gasteiger partial charge on any atom is -0.338 e. The Hall–Kier alpha value is -3.06. The molecule has 0 radical (unpaired) electrons. The number of alkyl halides is 1. The van der Waals surface area contributed by atoms with Gasteiger partial charge in [-0.05, 0) is 35.9 Å². The van der Waals surface area contributed by atoms with Gasteiger partial charge in [-0.2, -0.15) is 0 Å². The maximum absolute atomic E-state index is 13.2. The van der Waals surface area contributed by atoms with Crippen LogP contribution in [0.4, 0.5) is 0 Å². The average molecular weight is 486 g/mol. The molecule has 0 spiro atoms. The molecule has 1 aliphatic heterocycles. The van der Waals surface area contributed by atoms with Gasteiger partial charge in [-0.1, -0.05) is 59.6 Å². The highest BCUT2D eigenvalue weighted by molar-refractivity contribution is 6.36. The van der Waals surface area contributed by atoms with Crippen molar-refractivity contribution in [3.63, 3.8) is 0 Å². The molecule has 1 saturated heterocycles. The first-order valence-electron chi connectivity index (χ1n) is 9.71. The second-order valence-electron chi connectivity index (χ2n) is 7.31. The van der Waals surface area contributed by atoms with E-state index in [0.29, 0.717) is 32.6 Å². The van der Waals surface area contributed by atoms with E-state index >= 15 is 0 Å². The summed E-state index contributed by atoms with van der Waals surface area (Å²) in [7, 11) is 0. The standard InChI is InChI=1S/C23H15Cl3N4O2/c24-12-9-10-15(16(25)11-12)20-19(26)23(32)30(20)29-22(31)14-6-2-1-5-13(14)21-27-17-7-3-4-8-18(17)28-21/h1-11,19-20H,(H,27,28)(H,29,31). The minimum atomic E-state index is -0.848. The number of aromatic amines is 1. The Labute approximate surface area is 198 Å². The zero-order chi connectivity index (χ0) is 22.4. The Morgan fingerprint density at radius 3 is 2.56 bits per heavy atom. The molecule has 6 nitrogen and oxygen atoms in total. The third-order valence-electron chi connectivity index (χ3n) is 5.35. The lowest BCUT2D eigenvalue weighted by atomic mass is 9.95. The van der Waals surface area contributed by atoms with Crippen molar-refractivity contribution in [2.45, 2.75) is 11.4 Å². The third kappa shape index (κ3) is 3.50. The predicted octanol–water partition coefficient (Wildman–Crippen LogP) is 5.37. The van der Waals surface area contributed by atoms with Crippen molar-refractivity contribution in [2.24, 2.45) is 0 Å². The van der Waals surface area contributed by atoms with Gasteiger partial charge in [0, 0.05) is 15.6 Å². The van der Waals surface area contributed by atoms with Gasteiger partial charge in [0.2, 0.25) is 0 Å². The number of fused-ring (bicyclic) bond motifs is 1. The van der Waals surface area contributed by atoms with Crippen molar-refractivity contribution in [1.29, 1.82) is 0 Å². The van der Waals surface area contributed by atoms with Crippen LogP contribution in [0.2, 0.25) is 10.0 Å². The van der Waals surface area contributed by atoms with Crippen molar-refractivity contribution < 1.29 is 9.59 Å². The molecule has 1 fully saturated rings. The summed E-state index contributed by atoms with van der Waals surface area (Å²) in [5.41, 5.74) is 5.89. The van der Waals surface area contributed by atoms with Gasteiger partial charge in [0.05, 0.1) is 16.6 Å². The quantitative estimate of drug-likeness (QED) is 0.301. The van der Waals surface area contributed by atoms with Crippen molar-refractivity contribution >= 4 is 57.7 Å². The summed E-state index contributed by atoms with van der Waals surface area (Å²) in [5, 5.41) is 1.18. The Balaban J connectivity index is 1.45. The fourth-order valence-corrected chi connectivity index (χ4v) is 4.63. The summed E-state index contributed by atoms with van der Waals surface area (Å²) in [4.78, 5) is 33.4. The maximum atomic E-state index is 13.2. The van der Waals surface area contributed by atoms with Gasteiger partial charge in [0.1, 0.15) is 17.2 Å². The molecular formula is C23H15Cl3N4O2. The number of hydrogen-bond donors (Lipinski definition) is 2. The fourth-order valence-electron chi connectivity index (χ4n) is 3.75. The summed E-state index contributed by atoms with van der Waals surface area (Å²) >= 11 is 18.5. The fraction of sp³-hybridized carbons (Fsp3) is 0.0870. The van der Waals surface area contributed by atoms with Crippen molar-refractivity contribution in [1.82, 2.24) is 20.4 Å². The largest absolute Gasteiger partial charge is 0.338 e. The number of β-lactam (4-membered cyclic amide) rings is 1. The number of rotatable bonds is 4. The summed E-state index contributed by atoms with van der Waals surface area (Å²) in [6.07, 6.45) is 0. The maximum Gasteiger partial charge on any atom is 0.270 e. The lowest BCUT2D eigenvalue weighted by Gasteiger charge is -2.44. The van der Waals surface area contributed by atoms with Crippen LogP contribution in [0.1, 0.15) is 22.0 Å². The average Bonchev–Trinajstić information content (AvgIpc) is 3.24. The summed E-state index contributed by atoms with van der Waals surface area (Å²) in [6.45, 7) is 0. The Morgan fingerprint density at radius 1 is 1.03 bits per heavy atom. The minimum absolute atomic E-state index is 0.360. The molecule has 160 valence electrons. The van der Waals surface area contributed by atoms with Gasteiger partial charge in [-0.15, -0.1) is 11.6 Å². The number of nitrogens with zero attached hydrogens (tertiary/aromatic N) is 2. The van der Waals surface area contributed by atoms with Gasteiger partial charge >= 0.3 is 0 Å². The van der Waals surface area contributed by atoms with E-state index < -0.39 is 23.2 Å². The molecule has 1 aliphatic rings. The molecule has 5 rings (SSSR count). The number of benzene rings is 3. The van der Waals surface area contributed by atoms with E-state index in [0.717, 1.165) is 11.0 Å². The highest BCUT2D eigenvalue weighted by Gasteiger charge is 2.49. The zero-order valence-corrected chi connectivity index (χ0v) is 18.6. The number of hydrogen-bond acceptors (Lipinski definition) is 3. The van der Waals surface area contributed by atoms with Crippen molar-refractivity contribution in [2.75, 3.05) is 0 Å². The lowest BCUT2D eigenvalue weighted by molar-refractivity contribution is -0.149. The van der Waals surface area contributed by atoms with E-state index in [2.05, 4.69) is 15.4 Å². The summed E-state index contributed by atoms with van der Waals surface area (Å²) < 4.78 is 0. The van der Waals surface area contributed by atoms with Gasteiger partial charge in [-0.25, -0.2) is 9.99 Å². The van der Waals surface area contributed by atoms with E-state index in [9.17, 15) is 9.59 Å². The van der Waals surface area contributed by atoms with Gasteiger partial charge in [0.15, 0.2) is 0 Å². The third-order valence-corrected chi connectivity index (χ3v) is 6.34. The number of H-pyrrole nitrogens is 1. The number of hydrazine groups is 1. The molecule has 2 unspecified atom stereocenters. The molecule has 2 N–H and O–H groups in total. The first-order chi connectivity index (χ1) is 15.4. The topological polar surface area (TPSA) is 78.1 Å². The first kappa shape index (κ1) is 20.8. The van der Waals surface area contributed by atoms with Crippen LogP contribution in [0.3, 0.4) is 0 Å². The molecule has 2 atom stereocenters. The number of amides is 2. The number of para-hydroxylation sites is 2. The molecule has 9 heteroatoms. The van der Waals surface area contributed by atoms with E-state index in [4.69, 9.17) is 34.8 Å². The Morgan fingerprint density at radius 2 is 1.78 bits per heavy atom. The number of nitrogens with one attached hydrogen (secondary N) is 2. The molecule has 0 bridgehead atoms. The molecule has 0 saturated carbocycles. The molecule has 1 aromatic heterocycles. The van der Waals surface area contributed by atoms with E-state index in [1.54, 1.807) is 36.4 Å². The van der Waals surface area contributed by atoms with E-state index in [-0.39, 0.29) is 0 Å². The molecule has 32 heavy (non-hydrogen) atoms. The Bertz CT molecular complexity index is 1340. The summed E-state index contributed by atoms with van der Waals surface area (Å²) in [5.74, 6) is -0.329.